The summed E-state index contributed by atoms with van der Waals surface area (Å²) in [6, 6.07) is 22.9. The summed E-state index contributed by atoms with van der Waals surface area (Å²) in [5.41, 5.74) is 3.11. The summed E-state index contributed by atoms with van der Waals surface area (Å²) >= 11 is 0. The molecule has 0 bridgehead atoms. The fraction of sp³-hybridized carbons (Fsp3) is 0.160. The van der Waals surface area contributed by atoms with Gasteiger partial charge in [-0.1, -0.05) is 36.4 Å². The number of nitrogens with one attached hydrogen (secondary N) is 3. The second-order valence-corrected chi connectivity index (χ2v) is 7.16. The number of benzene rings is 3. The van der Waals surface area contributed by atoms with Gasteiger partial charge >= 0.3 is 5.97 Å². The number of ether oxygens (including phenoxy) is 1. The maximum absolute atomic E-state index is 12.6. The van der Waals surface area contributed by atoms with Gasteiger partial charge in [-0.25, -0.2) is 4.79 Å². The molecule has 0 radical (unpaired) electrons. The molecule has 1 atom stereocenters. The van der Waals surface area contributed by atoms with Gasteiger partial charge in [0, 0.05) is 16.9 Å². The maximum atomic E-state index is 12.6. The van der Waals surface area contributed by atoms with E-state index in [1.165, 1.54) is 7.11 Å². The van der Waals surface area contributed by atoms with Crippen LogP contribution in [0.1, 0.15) is 39.2 Å². The topological polar surface area (TPSA) is 96.5 Å². The first-order chi connectivity index (χ1) is 15.5. The molecule has 7 nitrogen and oxygen atoms in total. The van der Waals surface area contributed by atoms with Crippen molar-refractivity contribution < 1.29 is 19.1 Å². The molecule has 0 saturated carbocycles. The van der Waals surface area contributed by atoms with Crippen LogP contribution >= 0.6 is 0 Å². The Bertz CT molecular complexity index is 1080. The van der Waals surface area contributed by atoms with Gasteiger partial charge in [-0.2, -0.15) is 0 Å². The highest BCUT2D eigenvalue weighted by Crippen LogP contribution is 2.15. The van der Waals surface area contributed by atoms with Crippen LogP contribution in [0.2, 0.25) is 0 Å². The lowest BCUT2D eigenvalue weighted by molar-refractivity contribution is -0.114. The number of anilines is 2. The fourth-order valence-corrected chi connectivity index (χ4v) is 3.07. The number of carbonyl (C=O) groups is 3. The predicted octanol–water partition coefficient (Wildman–Crippen LogP) is 4.01. The summed E-state index contributed by atoms with van der Waals surface area (Å²) in [6.07, 6.45) is 0. The van der Waals surface area contributed by atoms with Gasteiger partial charge in [0.1, 0.15) is 0 Å². The van der Waals surface area contributed by atoms with Crippen LogP contribution in [0.5, 0.6) is 0 Å². The third kappa shape index (κ3) is 6.18. The lowest BCUT2D eigenvalue weighted by Gasteiger charge is -2.15. The van der Waals surface area contributed by atoms with Crippen LogP contribution in [-0.4, -0.2) is 31.4 Å². The molecular weight excluding hydrogens is 406 g/mol. The molecular formula is C25H25N3O4. The van der Waals surface area contributed by atoms with E-state index in [0.717, 1.165) is 5.56 Å². The zero-order valence-corrected chi connectivity index (χ0v) is 17.9. The number of hydrogen-bond acceptors (Lipinski definition) is 5. The van der Waals surface area contributed by atoms with Crippen molar-refractivity contribution in [1.82, 2.24) is 5.32 Å². The van der Waals surface area contributed by atoms with Crippen molar-refractivity contribution in [2.24, 2.45) is 0 Å². The third-order valence-corrected chi connectivity index (χ3v) is 4.81. The molecule has 164 valence electrons. The zero-order chi connectivity index (χ0) is 22.9. The maximum Gasteiger partial charge on any atom is 0.337 e. The van der Waals surface area contributed by atoms with Crippen LogP contribution in [0.4, 0.5) is 11.4 Å². The Kier molecular flexibility index (Phi) is 7.59. The SMILES string of the molecule is COC(=O)c1ccc(NCC(=O)Nc2cccc(C(=O)NC(C)c3ccccc3)c2)cc1. The fourth-order valence-electron chi connectivity index (χ4n) is 3.07. The summed E-state index contributed by atoms with van der Waals surface area (Å²) in [4.78, 5) is 36.4. The smallest absolute Gasteiger partial charge is 0.337 e. The highest BCUT2D eigenvalue weighted by atomic mass is 16.5. The molecule has 0 aliphatic carbocycles. The van der Waals surface area contributed by atoms with Gasteiger partial charge in [-0.3, -0.25) is 9.59 Å². The lowest BCUT2D eigenvalue weighted by atomic mass is 10.1. The van der Waals surface area contributed by atoms with Crippen molar-refractivity contribution >= 4 is 29.2 Å². The van der Waals surface area contributed by atoms with Crippen molar-refractivity contribution in [2.75, 3.05) is 24.3 Å². The first-order valence-corrected chi connectivity index (χ1v) is 10.1. The molecule has 3 N–H and O–H groups in total. The molecule has 0 aliphatic heterocycles. The second-order valence-electron chi connectivity index (χ2n) is 7.16. The second kappa shape index (κ2) is 10.8. The number of carbonyl (C=O) groups excluding carboxylic acids is 3. The molecule has 7 heteroatoms. The molecule has 0 aromatic heterocycles. The van der Waals surface area contributed by atoms with Gasteiger partial charge in [0.05, 0.1) is 25.3 Å². The highest BCUT2D eigenvalue weighted by Gasteiger charge is 2.12. The average Bonchev–Trinajstić information content (AvgIpc) is 2.83. The van der Waals surface area contributed by atoms with Crippen LogP contribution in [0.15, 0.2) is 78.9 Å². The van der Waals surface area contributed by atoms with Crippen LogP contribution in [-0.2, 0) is 9.53 Å². The molecule has 0 aliphatic rings. The van der Waals surface area contributed by atoms with E-state index in [4.69, 9.17) is 0 Å². The van der Waals surface area contributed by atoms with E-state index in [0.29, 0.717) is 22.5 Å². The third-order valence-electron chi connectivity index (χ3n) is 4.81. The van der Waals surface area contributed by atoms with Crippen molar-refractivity contribution in [3.05, 3.63) is 95.6 Å². The standard InChI is InChI=1S/C25H25N3O4/c1-17(18-7-4-3-5-8-18)27-24(30)20-9-6-10-22(15-20)28-23(29)16-26-21-13-11-19(12-14-21)25(31)32-2/h3-15,17,26H,16H2,1-2H3,(H,27,30)(H,28,29). The molecule has 32 heavy (non-hydrogen) atoms. The summed E-state index contributed by atoms with van der Waals surface area (Å²) in [6.45, 7) is 1.95. The molecule has 1 unspecified atom stereocenters. The molecule has 2 amide bonds. The van der Waals surface area contributed by atoms with Gasteiger partial charge < -0.3 is 20.7 Å². The van der Waals surface area contributed by atoms with Gasteiger partial charge in [0.2, 0.25) is 5.91 Å². The number of methoxy groups -OCH3 is 1. The van der Waals surface area contributed by atoms with E-state index >= 15 is 0 Å². The molecule has 3 rings (SSSR count). The molecule has 0 heterocycles. The summed E-state index contributed by atoms with van der Waals surface area (Å²) in [7, 11) is 1.32. The highest BCUT2D eigenvalue weighted by molar-refractivity contribution is 5.98. The quantitative estimate of drug-likeness (QED) is 0.468. The van der Waals surface area contributed by atoms with E-state index in [2.05, 4.69) is 20.7 Å². The Morgan fingerprint density at radius 1 is 0.844 bits per heavy atom. The number of amides is 2. The first kappa shape index (κ1) is 22.6. The van der Waals surface area contributed by atoms with Crippen LogP contribution < -0.4 is 16.0 Å². The largest absolute Gasteiger partial charge is 0.465 e. The van der Waals surface area contributed by atoms with E-state index in [-0.39, 0.29) is 24.4 Å². The summed E-state index contributed by atoms with van der Waals surface area (Å²) in [5.74, 6) is -0.907. The summed E-state index contributed by atoms with van der Waals surface area (Å²) < 4.78 is 4.66. The zero-order valence-electron chi connectivity index (χ0n) is 17.9. The average molecular weight is 431 g/mol. The van der Waals surface area contributed by atoms with Crippen LogP contribution in [0, 0.1) is 0 Å². The monoisotopic (exact) mass is 431 g/mol. The van der Waals surface area contributed by atoms with E-state index in [9.17, 15) is 14.4 Å². The summed E-state index contributed by atoms with van der Waals surface area (Å²) in [5, 5.41) is 8.72. The van der Waals surface area contributed by atoms with Crippen molar-refractivity contribution in [1.29, 1.82) is 0 Å². The first-order valence-electron chi connectivity index (χ1n) is 10.1. The minimum absolute atomic E-state index is 0.0268. The Balaban J connectivity index is 1.54. The van der Waals surface area contributed by atoms with E-state index < -0.39 is 5.97 Å². The Labute approximate surface area is 186 Å². The predicted molar refractivity (Wildman–Crippen MR) is 124 cm³/mol. The minimum Gasteiger partial charge on any atom is -0.465 e. The molecule has 0 spiro atoms. The molecule has 0 saturated heterocycles. The Hall–Kier alpha value is -4.13. The molecule has 3 aromatic carbocycles. The lowest BCUT2D eigenvalue weighted by Crippen LogP contribution is -2.27. The number of hydrogen-bond donors (Lipinski definition) is 3. The van der Waals surface area contributed by atoms with E-state index in [1.54, 1.807) is 48.5 Å². The Morgan fingerprint density at radius 2 is 1.56 bits per heavy atom. The van der Waals surface area contributed by atoms with Crippen LogP contribution in [0.25, 0.3) is 0 Å². The number of rotatable bonds is 8. The normalized spacial score (nSPS) is 11.2. The van der Waals surface area contributed by atoms with Crippen molar-refractivity contribution in [2.45, 2.75) is 13.0 Å². The van der Waals surface area contributed by atoms with Gasteiger partial charge in [0.15, 0.2) is 0 Å². The van der Waals surface area contributed by atoms with Crippen molar-refractivity contribution in [3.63, 3.8) is 0 Å². The molecule has 0 fully saturated rings. The van der Waals surface area contributed by atoms with Gasteiger partial charge in [0.25, 0.3) is 5.91 Å². The van der Waals surface area contributed by atoms with Crippen molar-refractivity contribution in [3.8, 4) is 0 Å². The van der Waals surface area contributed by atoms with Gasteiger partial charge in [-0.15, -0.1) is 0 Å². The molecule has 3 aromatic rings. The van der Waals surface area contributed by atoms with Crippen LogP contribution in [0.3, 0.4) is 0 Å². The Morgan fingerprint density at radius 3 is 2.25 bits per heavy atom. The van der Waals surface area contributed by atoms with Gasteiger partial charge in [-0.05, 0) is 55.0 Å². The number of esters is 1. The minimum atomic E-state index is -0.420. The van der Waals surface area contributed by atoms with E-state index in [1.807, 2.05) is 37.3 Å².